The molecule has 3 aromatic rings. The zero-order valence-electron chi connectivity index (χ0n) is 18.7. The van der Waals surface area contributed by atoms with Gasteiger partial charge in [0.05, 0.1) is 11.1 Å². The Morgan fingerprint density at radius 2 is 1.73 bits per heavy atom. The molecule has 1 fully saturated rings. The first kappa shape index (κ1) is 22.6. The van der Waals surface area contributed by atoms with Crippen molar-refractivity contribution in [3.05, 3.63) is 83.4 Å². The molecule has 0 atom stereocenters. The maximum absolute atomic E-state index is 13.5. The van der Waals surface area contributed by atoms with Crippen LogP contribution in [0.3, 0.4) is 0 Å². The number of amides is 1. The minimum absolute atomic E-state index is 0.0792. The van der Waals surface area contributed by atoms with Gasteiger partial charge in [0, 0.05) is 18.5 Å². The van der Waals surface area contributed by atoms with Gasteiger partial charge in [0.25, 0.3) is 5.91 Å². The number of benzene rings is 3. The van der Waals surface area contributed by atoms with Gasteiger partial charge in [-0.15, -0.1) is 0 Å². The average Bonchev–Trinajstić information content (AvgIpc) is 2.86. The molecule has 0 spiro atoms. The van der Waals surface area contributed by atoms with E-state index in [2.05, 4.69) is 5.32 Å². The van der Waals surface area contributed by atoms with Crippen LogP contribution in [0.15, 0.2) is 72.3 Å². The number of carbonyl (C=O) groups is 2. The molecule has 170 valence electrons. The molecule has 0 radical (unpaired) electrons. The monoisotopic (exact) mass is 444 g/mol. The van der Waals surface area contributed by atoms with E-state index in [-0.39, 0.29) is 24.1 Å². The summed E-state index contributed by atoms with van der Waals surface area (Å²) in [4.78, 5) is 26.5. The molecule has 0 aromatic heterocycles. The molecule has 1 amide bonds. The zero-order chi connectivity index (χ0) is 23.2. The lowest BCUT2D eigenvalue weighted by Gasteiger charge is -2.32. The van der Waals surface area contributed by atoms with Crippen molar-refractivity contribution >= 4 is 28.7 Å². The van der Waals surface area contributed by atoms with Crippen LogP contribution in [0.4, 0.5) is 0 Å². The first-order chi connectivity index (χ1) is 16.0. The number of hydrogen-bond acceptors (Lipinski definition) is 4. The minimum Gasteiger partial charge on any atom is -0.488 e. The number of fused-ring (bicyclic) bond motifs is 1. The van der Waals surface area contributed by atoms with Crippen molar-refractivity contribution in [3.63, 3.8) is 0 Å². The van der Waals surface area contributed by atoms with Crippen molar-refractivity contribution < 1.29 is 19.4 Å². The summed E-state index contributed by atoms with van der Waals surface area (Å²) >= 11 is 0. The second-order valence-corrected chi connectivity index (χ2v) is 8.26. The molecule has 0 bridgehead atoms. The van der Waals surface area contributed by atoms with Crippen LogP contribution in [0.5, 0.6) is 5.75 Å². The summed E-state index contributed by atoms with van der Waals surface area (Å²) in [5.74, 6) is -0.339. The van der Waals surface area contributed by atoms with Gasteiger partial charge in [-0.1, -0.05) is 48.5 Å². The van der Waals surface area contributed by atoms with Gasteiger partial charge in [0.15, 0.2) is 0 Å². The predicted octanol–water partition coefficient (Wildman–Crippen LogP) is 4.21. The first-order valence-electron chi connectivity index (χ1n) is 11.2. The van der Waals surface area contributed by atoms with E-state index in [4.69, 9.17) is 9.84 Å². The minimum atomic E-state index is -0.980. The summed E-state index contributed by atoms with van der Waals surface area (Å²) in [6.07, 6.45) is 3.61. The van der Waals surface area contributed by atoms with Crippen molar-refractivity contribution in [2.75, 3.05) is 26.7 Å². The summed E-state index contributed by atoms with van der Waals surface area (Å²) in [7, 11) is 1.84. The van der Waals surface area contributed by atoms with Gasteiger partial charge in [0.2, 0.25) is 0 Å². The van der Waals surface area contributed by atoms with E-state index < -0.39 is 5.97 Å². The molecule has 0 unspecified atom stereocenters. The molecule has 4 rings (SSSR count). The largest absolute Gasteiger partial charge is 0.488 e. The van der Waals surface area contributed by atoms with Crippen molar-refractivity contribution in [2.45, 2.75) is 18.9 Å². The number of likely N-dealkylation sites (N-methyl/N-ethyl adjacent to an activating group) is 1. The van der Waals surface area contributed by atoms with E-state index in [0.717, 1.165) is 48.0 Å². The molecule has 1 aliphatic rings. The third-order valence-electron chi connectivity index (χ3n) is 6.08. The smallest absolute Gasteiger partial charge is 0.335 e. The molecule has 33 heavy (non-hydrogen) atoms. The Bertz CT molecular complexity index is 1160. The Hall–Kier alpha value is -3.64. The highest BCUT2D eigenvalue weighted by Crippen LogP contribution is 2.26. The first-order valence-corrected chi connectivity index (χ1v) is 11.2. The van der Waals surface area contributed by atoms with Gasteiger partial charge < -0.3 is 20.1 Å². The van der Waals surface area contributed by atoms with Gasteiger partial charge in [-0.3, -0.25) is 4.79 Å². The maximum Gasteiger partial charge on any atom is 0.335 e. The fourth-order valence-electron chi connectivity index (χ4n) is 4.15. The van der Waals surface area contributed by atoms with Crippen LogP contribution < -0.4 is 10.1 Å². The van der Waals surface area contributed by atoms with E-state index in [1.54, 1.807) is 30.3 Å². The van der Waals surface area contributed by atoms with E-state index in [9.17, 15) is 9.59 Å². The molecule has 3 aromatic carbocycles. The molecule has 1 saturated heterocycles. The SMILES string of the molecule is CN(C(=O)/C(=C/c1ccc(C(=O)O)cc1)COc1cccc2ccccc12)C1CCNCC1. The Kier molecular flexibility index (Phi) is 7.05. The highest BCUT2D eigenvalue weighted by Gasteiger charge is 2.24. The summed E-state index contributed by atoms with van der Waals surface area (Å²) < 4.78 is 6.15. The standard InChI is InChI=1S/C27H28N2O4/c1-29(23-13-15-28-16-14-23)26(30)22(17-19-9-11-21(12-10-19)27(31)32)18-33-25-8-4-6-20-5-2-3-7-24(20)25/h2-12,17,23,28H,13-16,18H2,1H3,(H,31,32)/b22-17+. The summed E-state index contributed by atoms with van der Waals surface area (Å²) in [6, 6.07) is 20.5. The summed E-state index contributed by atoms with van der Waals surface area (Å²) in [6.45, 7) is 1.90. The average molecular weight is 445 g/mol. The second-order valence-electron chi connectivity index (χ2n) is 8.26. The fourth-order valence-corrected chi connectivity index (χ4v) is 4.15. The number of carboxylic acids is 1. The van der Waals surface area contributed by atoms with Crippen LogP contribution in [0, 0.1) is 0 Å². The van der Waals surface area contributed by atoms with E-state index in [0.29, 0.717) is 5.57 Å². The molecule has 6 heteroatoms. The van der Waals surface area contributed by atoms with Crippen LogP contribution >= 0.6 is 0 Å². The highest BCUT2D eigenvalue weighted by atomic mass is 16.5. The molecule has 0 saturated carbocycles. The number of nitrogens with one attached hydrogen (secondary N) is 1. The number of piperidine rings is 1. The number of rotatable bonds is 7. The van der Waals surface area contributed by atoms with Crippen molar-refractivity contribution in [1.82, 2.24) is 10.2 Å². The Morgan fingerprint density at radius 3 is 2.45 bits per heavy atom. The number of ether oxygens (including phenoxy) is 1. The lowest BCUT2D eigenvalue weighted by molar-refractivity contribution is -0.128. The van der Waals surface area contributed by atoms with Crippen molar-refractivity contribution in [3.8, 4) is 5.75 Å². The molecule has 2 N–H and O–H groups in total. The number of carboxylic acid groups (broad SMARTS) is 1. The molecule has 6 nitrogen and oxygen atoms in total. The van der Waals surface area contributed by atoms with Crippen LogP contribution in [0.2, 0.25) is 0 Å². The van der Waals surface area contributed by atoms with Crippen molar-refractivity contribution in [1.29, 1.82) is 0 Å². The van der Waals surface area contributed by atoms with Gasteiger partial charge in [0.1, 0.15) is 12.4 Å². The third kappa shape index (κ3) is 5.41. The van der Waals surface area contributed by atoms with Crippen LogP contribution in [0.25, 0.3) is 16.8 Å². The van der Waals surface area contributed by atoms with Crippen LogP contribution in [0.1, 0.15) is 28.8 Å². The van der Waals surface area contributed by atoms with E-state index >= 15 is 0 Å². The maximum atomic E-state index is 13.5. The molecule has 1 aliphatic heterocycles. The number of hydrogen-bond donors (Lipinski definition) is 2. The van der Waals surface area contributed by atoms with Gasteiger partial charge in [-0.2, -0.15) is 0 Å². The summed E-state index contributed by atoms with van der Waals surface area (Å²) in [5, 5.41) is 14.6. The Labute approximate surface area is 193 Å². The lowest BCUT2D eigenvalue weighted by Crippen LogP contribution is -2.44. The number of carbonyl (C=O) groups excluding carboxylic acids is 1. The Morgan fingerprint density at radius 1 is 1.03 bits per heavy atom. The Balaban J connectivity index is 1.61. The molecule has 1 heterocycles. The number of nitrogens with zero attached hydrogens (tertiary/aromatic N) is 1. The third-order valence-corrected chi connectivity index (χ3v) is 6.08. The zero-order valence-corrected chi connectivity index (χ0v) is 18.7. The van der Waals surface area contributed by atoms with Crippen LogP contribution in [-0.4, -0.2) is 54.7 Å². The second kappa shape index (κ2) is 10.3. The fraction of sp³-hybridized carbons (Fsp3) is 0.259. The molecular formula is C27H28N2O4. The topological polar surface area (TPSA) is 78.9 Å². The lowest BCUT2D eigenvalue weighted by atomic mass is 10.0. The van der Waals surface area contributed by atoms with Crippen LogP contribution in [-0.2, 0) is 4.79 Å². The molecule has 0 aliphatic carbocycles. The quantitative estimate of drug-likeness (QED) is 0.534. The van der Waals surface area contributed by atoms with Gasteiger partial charge in [-0.05, 0) is 61.2 Å². The van der Waals surface area contributed by atoms with Gasteiger partial charge in [-0.25, -0.2) is 4.79 Å². The highest BCUT2D eigenvalue weighted by molar-refractivity contribution is 5.98. The normalized spacial score (nSPS) is 14.8. The molecular weight excluding hydrogens is 416 g/mol. The van der Waals surface area contributed by atoms with E-state index in [1.165, 1.54) is 0 Å². The van der Waals surface area contributed by atoms with Gasteiger partial charge >= 0.3 is 5.97 Å². The summed E-state index contributed by atoms with van der Waals surface area (Å²) in [5.41, 5.74) is 1.48. The van der Waals surface area contributed by atoms with E-state index in [1.807, 2.05) is 54.4 Å². The number of aromatic carboxylic acids is 1. The van der Waals surface area contributed by atoms with Crippen molar-refractivity contribution in [2.24, 2.45) is 0 Å². The predicted molar refractivity (Wildman–Crippen MR) is 129 cm³/mol.